The van der Waals surface area contributed by atoms with Crippen LogP contribution in [0.2, 0.25) is 0 Å². The molecule has 1 aromatic carbocycles. The highest BCUT2D eigenvalue weighted by Crippen LogP contribution is 2.31. The van der Waals surface area contributed by atoms with Gasteiger partial charge in [0, 0.05) is 12.6 Å². The smallest absolute Gasteiger partial charge is 0.0363 e. The van der Waals surface area contributed by atoms with Gasteiger partial charge in [-0.1, -0.05) is 30.7 Å². The molecule has 1 unspecified atom stereocenters. The molecule has 2 nitrogen and oxygen atoms in total. The highest BCUT2D eigenvalue weighted by atomic mass is 15.2. The molecular formula is C15H22N2. The molecule has 1 N–H and O–H groups in total. The Bertz CT molecular complexity index is 369. The number of fused-ring (bicyclic) bond motifs is 1. The first-order chi connectivity index (χ1) is 8.45. The minimum Gasteiger partial charge on any atom is -0.313 e. The van der Waals surface area contributed by atoms with Crippen molar-refractivity contribution >= 4 is 0 Å². The third-order valence-electron chi connectivity index (χ3n) is 4.16. The fourth-order valence-corrected chi connectivity index (χ4v) is 3.25. The normalized spacial score (nSPS) is 26.2. The Morgan fingerprint density at radius 2 is 1.88 bits per heavy atom. The number of hydrogen-bond donors (Lipinski definition) is 1. The minimum absolute atomic E-state index is 0.654. The standard InChI is InChI=1S/C15H22N2/c1-4-10-17(11-5-1)15-8-9-16-12-13-6-2-3-7-14(13)15/h2-3,6-7,15-16H,1,4-5,8-12H2. The molecule has 0 radical (unpaired) electrons. The monoisotopic (exact) mass is 230 g/mol. The highest BCUT2D eigenvalue weighted by Gasteiger charge is 2.25. The molecule has 0 spiro atoms. The Labute approximate surface area is 104 Å². The van der Waals surface area contributed by atoms with E-state index in [1.807, 2.05) is 0 Å². The molecule has 3 rings (SSSR count). The number of hydrogen-bond acceptors (Lipinski definition) is 2. The lowest BCUT2D eigenvalue weighted by molar-refractivity contribution is 0.157. The summed E-state index contributed by atoms with van der Waals surface area (Å²) in [5, 5.41) is 3.55. The van der Waals surface area contributed by atoms with Gasteiger partial charge >= 0.3 is 0 Å². The Balaban J connectivity index is 1.88. The van der Waals surface area contributed by atoms with Crippen LogP contribution in [0.3, 0.4) is 0 Å². The van der Waals surface area contributed by atoms with E-state index >= 15 is 0 Å². The molecule has 17 heavy (non-hydrogen) atoms. The Morgan fingerprint density at radius 3 is 2.76 bits per heavy atom. The van der Waals surface area contributed by atoms with E-state index in [1.54, 1.807) is 5.56 Å². The first kappa shape index (κ1) is 11.2. The molecule has 92 valence electrons. The van der Waals surface area contributed by atoms with E-state index < -0.39 is 0 Å². The highest BCUT2D eigenvalue weighted by molar-refractivity contribution is 5.31. The van der Waals surface area contributed by atoms with E-state index in [1.165, 1.54) is 44.3 Å². The van der Waals surface area contributed by atoms with Gasteiger partial charge in [0.25, 0.3) is 0 Å². The van der Waals surface area contributed by atoms with Crippen molar-refractivity contribution in [3.05, 3.63) is 35.4 Å². The molecule has 0 saturated carbocycles. The van der Waals surface area contributed by atoms with Crippen LogP contribution in [-0.2, 0) is 6.54 Å². The summed E-state index contributed by atoms with van der Waals surface area (Å²) in [6.07, 6.45) is 5.44. The number of benzene rings is 1. The minimum atomic E-state index is 0.654. The zero-order valence-corrected chi connectivity index (χ0v) is 10.5. The summed E-state index contributed by atoms with van der Waals surface area (Å²) in [5.41, 5.74) is 3.07. The molecule has 1 fully saturated rings. The molecule has 2 heterocycles. The van der Waals surface area contributed by atoms with Gasteiger partial charge in [-0.25, -0.2) is 0 Å². The third kappa shape index (κ3) is 2.38. The summed E-state index contributed by atoms with van der Waals surface area (Å²) in [6, 6.07) is 9.63. The lowest BCUT2D eigenvalue weighted by Gasteiger charge is -2.35. The Hall–Kier alpha value is -0.860. The van der Waals surface area contributed by atoms with Gasteiger partial charge in [0.15, 0.2) is 0 Å². The summed E-state index contributed by atoms with van der Waals surface area (Å²) < 4.78 is 0. The van der Waals surface area contributed by atoms with E-state index in [0.717, 1.165) is 13.1 Å². The third-order valence-corrected chi connectivity index (χ3v) is 4.16. The van der Waals surface area contributed by atoms with Gasteiger partial charge < -0.3 is 5.32 Å². The lowest BCUT2D eigenvalue weighted by atomic mass is 9.96. The van der Waals surface area contributed by atoms with Gasteiger partial charge in [-0.05, 0) is 50.0 Å². The molecule has 2 heteroatoms. The molecule has 0 aromatic heterocycles. The Morgan fingerprint density at radius 1 is 1.06 bits per heavy atom. The Kier molecular flexibility index (Phi) is 3.44. The zero-order valence-electron chi connectivity index (χ0n) is 10.5. The van der Waals surface area contributed by atoms with Gasteiger partial charge in [-0.15, -0.1) is 0 Å². The SMILES string of the molecule is c1ccc2c(c1)CNCCC2N1CCCCC1. The molecule has 0 bridgehead atoms. The average molecular weight is 230 g/mol. The van der Waals surface area contributed by atoms with Crippen molar-refractivity contribution in [3.8, 4) is 0 Å². The number of likely N-dealkylation sites (tertiary alicyclic amines) is 1. The number of rotatable bonds is 1. The average Bonchev–Trinajstić information content (AvgIpc) is 2.62. The molecule has 0 amide bonds. The summed E-state index contributed by atoms with van der Waals surface area (Å²) in [6.45, 7) is 4.77. The van der Waals surface area contributed by atoms with E-state index in [2.05, 4.69) is 34.5 Å². The summed E-state index contributed by atoms with van der Waals surface area (Å²) in [5.74, 6) is 0. The molecule has 2 aliphatic rings. The van der Waals surface area contributed by atoms with E-state index in [4.69, 9.17) is 0 Å². The maximum Gasteiger partial charge on any atom is 0.0363 e. The van der Waals surface area contributed by atoms with Crippen molar-refractivity contribution in [1.29, 1.82) is 0 Å². The molecule has 1 atom stereocenters. The van der Waals surface area contributed by atoms with Crippen LogP contribution >= 0.6 is 0 Å². The van der Waals surface area contributed by atoms with Gasteiger partial charge in [0.05, 0.1) is 0 Å². The van der Waals surface area contributed by atoms with Crippen molar-refractivity contribution in [2.45, 2.75) is 38.3 Å². The predicted octanol–water partition coefficient (Wildman–Crippen LogP) is 2.71. The van der Waals surface area contributed by atoms with Crippen LogP contribution in [0.5, 0.6) is 0 Å². The van der Waals surface area contributed by atoms with E-state index in [-0.39, 0.29) is 0 Å². The molecule has 0 aliphatic carbocycles. The van der Waals surface area contributed by atoms with Gasteiger partial charge in [0.1, 0.15) is 0 Å². The number of nitrogens with one attached hydrogen (secondary N) is 1. The second-order valence-electron chi connectivity index (χ2n) is 5.28. The summed E-state index contributed by atoms with van der Waals surface area (Å²) in [4.78, 5) is 2.70. The lowest BCUT2D eigenvalue weighted by Crippen LogP contribution is -2.34. The zero-order chi connectivity index (χ0) is 11.5. The second kappa shape index (κ2) is 5.19. The molecular weight excluding hydrogens is 208 g/mol. The predicted molar refractivity (Wildman–Crippen MR) is 70.9 cm³/mol. The van der Waals surface area contributed by atoms with Gasteiger partial charge in [-0.3, -0.25) is 4.90 Å². The van der Waals surface area contributed by atoms with Crippen molar-refractivity contribution < 1.29 is 0 Å². The van der Waals surface area contributed by atoms with Crippen molar-refractivity contribution in [2.24, 2.45) is 0 Å². The van der Waals surface area contributed by atoms with Crippen LogP contribution in [0.15, 0.2) is 24.3 Å². The topological polar surface area (TPSA) is 15.3 Å². The molecule has 1 aromatic rings. The molecule has 2 aliphatic heterocycles. The quantitative estimate of drug-likeness (QED) is 0.798. The summed E-state index contributed by atoms with van der Waals surface area (Å²) >= 11 is 0. The van der Waals surface area contributed by atoms with Crippen molar-refractivity contribution in [2.75, 3.05) is 19.6 Å². The second-order valence-corrected chi connectivity index (χ2v) is 5.28. The maximum absolute atomic E-state index is 3.55. The summed E-state index contributed by atoms with van der Waals surface area (Å²) in [7, 11) is 0. The fraction of sp³-hybridized carbons (Fsp3) is 0.600. The van der Waals surface area contributed by atoms with Crippen LogP contribution < -0.4 is 5.32 Å². The molecule has 1 saturated heterocycles. The largest absolute Gasteiger partial charge is 0.313 e. The van der Waals surface area contributed by atoms with E-state index in [9.17, 15) is 0 Å². The fourth-order valence-electron chi connectivity index (χ4n) is 3.25. The maximum atomic E-state index is 3.55. The van der Waals surface area contributed by atoms with Crippen LogP contribution in [0.4, 0.5) is 0 Å². The van der Waals surface area contributed by atoms with Crippen LogP contribution in [-0.4, -0.2) is 24.5 Å². The van der Waals surface area contributed by atoms with Crippen molar-refractivity contribution in [3.63, 3.8) is 0 Å². The van der Waals surface area contributed by atoms with E-state index in [0.29, 0.717) is 6.04 Å². The van der Waals surface area contributed by atoms with Crippen LogP contribution in [0, 0.1) is 0 Å². The van der Waals surface area contributed by atoms with Crippen LogP contribution in [0.25, 0.3) is 0 Å². The number of nitrogens with zero attached hydrogens (tertiary/aromatic N) is 1. The number of piperidine rings is 1. The first-order valence-corrected chi connectivity index (χ1v) is 6.98. The van der Waals surface area contributed by atoms with Gasteiger partial charge in [-0.2, -0.15) is 0 Å². The van der Waals surface area contributed by atoms with Crippen LogP contribution in [0.1, 0.15) is 42.9 Å². The van der Waals surface area contributed by atoms with Crippen molar-refractivity contribution in [1.82, 2.24) is 10.2 Å². The van der Waals surface area contributed by atoms with Gasteiger partial charge in [0.2, 0.25) is 0 Å². The first-order valence-electron chi connectivity index (χ1n) is 6.98.